The number of benzene rings is 1. The van der Waals surface area contributed by atoms with E-state index in [9.17, 15) is 9.59 Å². The van der Waals surface area contributed by atoms with Crippen LogP contribution < -0.4 is 5.32 Å². The summed E-state index contributed by atoms with van der Waals surface area (Å²) in [6.07, 6.45) is 0.468. The molecule has 2 amide bonds. The molecule has 0 atom stereocenters. The Morgan fingerprint density at radius 3 is 2.58 bits per heavy atom. The number of hydrogen-bond acceptors (Lipinski definition) is 4. The van der Waals surface area contributed by atoms with Gasteiger partial charge in [-0.1, -0.05) is 23.7 Å². The Hall–Kier alpha value is -2.32. The van der Waals surface area contributed by atoms with Crippen LogP contribution in [0.15, 0.2) is 29.8 Å². The van der Waals surface area contributed by atoms with E-state index in [-0.39, 0.29) is 12.2 Å². The zero-order valence-corrected chi connectivity index (χ0v) is 10.9. The molecule has 98 valence electrons. The van der Waals surface area contributed by atoms with E-state index >= 15 is 0 Å². The molecule has 0 fully saturated rings. The van der Waals surface area contributed by atoms with Gasteiger partial charge < -0.3 is 4.74 Å². The summed E-state index contributed by atoms with van der Waals surface area (Å²) in [7, 11) is 0. The van der Waals surface area contributed by atoms with E-state index in [1.54, 1.807) is 37.3 Å². The van der Waals surface area contributed by atoms with Crippen LogP contribution in [-0.4, -0.2) is 18.6 Å². The first kappa shape index (κ1) is 14.7. The van der Waals surface area contributed by atoms with Gasteiger partial charge in [0.2, 0.25) is 0 Å². The van der Waals surface area contributed by atoms with E-state index in [1.807, 2.05) is 5.32 Å². The molecule has 0 unspecified atom stereocenters. The number of carbonyl (C=O) groups is 2. The number of alkyl carbamates (subject to hydrolysis) is 1. The highest BCUT2D eigenvalue weighted by Gasteiger charge is 2.13. The number of nitrogens with zero attached hydrogens (tertiary/aromatic N) is 1. The van der Waals surface area contributed by atoms with Crippen LogP contribution in [0.1, 0.15) is 12.5 Å². The fourth-order valence-corrected chi connectivity index (χ4v) is 1.33. The molecular weight excluding hydrogens is 268 g/mol. The van der Waals surface area contributed by atoms with Crippen molar-refractivity contribution in [3.63, 3.8) is 0 Å². The average molecular weight is 279 g/mol. The predicted molar refractivity (Wildman–Crippen MR) is 70.2 cm³/mol. The minimum Gasteiger partial charge on any atom is -0.450 e. The van der Waals surface area contributed by atoms with Crippen molar-refractivity contribution in [3.05, 3.63) is 40.4 Å². The van der Waals surface area contributed by atoms with Gasteiger partial charge in [-0.3, -0.25) is 10.1 Å². The molecule has 0 aromatic heterocycles. The number of nitrogens with one attached hydrogen (secondary N) is 1. The van der Waals surface area contributed by atoms with Gasteiger partial charge in [-0.2, -0.15) is 5.26 Å². The maximum absolute atomic E-state index is 11.6. The van der Waals surface area contributed by atoms with E-state index in [0.717, 1.165) is 0 Å². The summed E-state index contributed by atoms with van der Waals surface area (Å²) >= 11 is 5.72. The third-order valence-electron chi connectivity index (χ3n) is 2.04. The molecule has 6 heteroatoms. The molecule has 1 rings (SSSR count). The van der Waals surface area contributed by atoms with Crippen molar-refractivity contribution >= 4 is 29.7 Å². The zero-order valence-electron chi connectivity index (χ0n) is 10.1. The normalized spacial score (nSPS) is 10.5. The van der Waals surface area contributed by atoms with Crippen LogP contribution in [0.5, 0.6) is 0 Å². The number of imide groups is 1. The maximum Gasteiger partial charge on any atom is 0.414 e. The van der Waals surface area contributed by atoms with Gasteiger partial charge in [-0.15, -0.1) is 0 Å². The summed E-state index contributed by atoms with van der Waals surface area (Å²) in [6.45, 7) is 1.75. The smallest absolute Gasteiger partial charge is 0.414 e. The minimum atomic E-state index is -0.884. The van der Waals surface area contributed by atoms with Gasteiger partial charge >= 0.3 is 6.09 Å². The molecule has 0 heterocycles. The lowest BCUT2D eigenvalue weighted by Crippen LogP contribution is -2.31. The van der Waals surface area contributed by atoms with Crippen molar-refractivity contribution in [2.75, 3.05) is 6.61 Å². The molecule has 1 aromatic rings. The Morgan fingerprint density at radius 1 is 1.42 bits per heavy atom. The number of amides is 2. The first-order chi connectivity index (χ1) is 9.06. The lowest BCUT2D eigenvalue weighted by Gasteiger charge is -2.03. The highest BCUT2D eigenvalue weighted by Crippen LogP contribution is 2.12. The summed E-state index contributed by atoms with van der Waals surface area (Å²) in [5.74, 6) is -0.809. The maximum atomic E-state index is 11.6. The van der Waals surface area contributed by atoms with Gasteiger partial charge in [0.05, 0.1) is 6.61 Å². The molecule has 0 spiro atoms. The van der Waals surface area contributed by atoms with Crippen molar-refractivity contribution in [3.8, 4) is 6.07 Å². The van der Waals surface area contributed by atoms with E-state index in [2.05, 4.69) is 4.74 Å². The molecule has 0 saturated carbocycles. The van der Waals surface area contributed by atoms with Gasteiger partial charge in [0.25, 0.3) is 5.91 Å². The van der Waals surface area contributed by atoms with Crippen molar-refractivity contribution in [2.45, 2.75) is 6.92 Å². The van der Waals surface area contributed by atoms with Crippen molar-refractivity contribution in [2.24, 2.45) is 0 Å². The Morgan fingerprint density at radius 2 is 2.05 bits per heavy atom. The van der Waals surface area contributed by atoms with Gasteiger partial charge in [-0.05, 0) is 30.7 Å². The number of halogens is 1. The van der Waals surface area contributed by atoms with E-state index in [1.165, 1.54) is 6.08 Å². The number of ether oxygens (including phenoxy) is 1. The summed E-state index contributed by atoms with van der Waals surface area (Å²) in [5.41, 5.74) is 0.426. The molecule has 0 aliphatic carbocycles. The lowest BCUT2D eigenvalue weighted by atomic mass is 10.1. The van der Waals surface area contributed by atoms with E-state index < -0.39 is 12.0 Å². The Balaban J connectivity index is 2.83. The van der Waals surface area contributed by atoms with Crippen LogP contribution in [0.2, 0.25) is 5.02 Å². The largest absolute Gasteiger partial charge is 0.450 e. The average Bonchev–Trinajstić information content (AvgIpc) is 2.38. The SMILES string of the molecule is CCOC(=O)NC(=O)/C(C#N)=C/c1ccc(Cl)cc1. The summed E-state index contributed by atoms with van der Waals surface area (Å²) in [5, 5.41) is 11.4. The molecule has 5 nitrogen and oxygen atoms in total. The summed E-state index contributed by atoms with van der Waals surface area (Å²) < 4.78 is 4.55. The number of hydrogen-bond donors (Lipinski definition) is 1. The highest BCUT2D eigenvalue weighted by molar-refractivity contribution is 6.30. The molecule has 1 N–H and O–H groups in total. The van der Waals surface area contributed by atoms with Gasteiger partial charge in [0.1, 0.15) is 11.6 Å². The summed E-state index contributed by atoms with van der Waals surface area (Å²) in [4.78, 5) is 22.7. The molecule has 1 aromatic carbocycles. The van der Waals surface area contributed by atoms with Gasteiger partial charge in [-0.25, -0.2) is 4.79 Å². The predicted octanol–water partition coefficient (Wildman–Crippen LogP) is 2.52. The quantitative estimate of drug-likeness (QED) is 0.680. The Labute approximate surface area is 115 Å². The number of carbonyl (C=O) groups excluding carboxylic acids is 2. The van der Waals surface area contributed by atoms with Crippen LogP contribution in [-0.2, 0) is 9.53 Å². The van der Waals surface area contributed by atoms with Crippen LogP contribution in [0.3, 0.4) is 0 Å². The van der Waals surface area contributed by atoms with Crippen LogP contribution in [0.25, 0.3) is 6.08 Å². The molecule has 19 heavy (non-hydrogen) atoms. The monoisotopic (exact) mass is 278 g/mol. The molecule has 0 aliphatic rings. The first-order valence-electron chi connectivity index (χ1n) is 5.42. The fraction of sp³-hybridized carbons (Fsp3) is 0.154. The van der Waals surface area contributed by atoms with Gasteiger partial charge in [0.15, 0.2) is 0 Å². The highest BCUT2D eigenvalue weighted by atomic mass is 35.5. The number of rotatable bonds is 3. The van der Waals surface area contributed by atoms with Crippen LogP contribution in [0, 0.1) is 11.3 Å². The molecule has 0 saturated heterocycles. The lowest BCUT2D eigenvalue weighted by molar-refractivity contribution is -0.116. The van der Waals surface area contributed by atoms with E-state index in [0.29, 0.717) is 10.6 Å². The topological polar surface area (TPSA) is 79.2 Å². The van der Waals surface area contributed by atoms with Crippen molar-refractivity contribution in [1.82, 2.24) is 5.32 Å². The fourth-order valence-electron chi connectivity index (χ4n) is 1.20. The second kappa shape index (κ2) is 7.19. The molecular formula is C13H11ClN2O3. The standard InChI is InChI=1S/C13H11ClN2O3/c1-2-19-13(18)16-12(17)10(8-15)7-9-3-5-11(14)6-4-9/h3-7H,2H2,1H3,(H,16,17,18)/b10-7+. The molecule has 0 radical (unpaired) electrons. The number of nitriles is 1. The van der Waals surface area contributed by atoms with Crippen LogP contribution >= 0.6 is 11.6 Å². The third kappa shape index (κ3) is 4.82. The third-order valence-corrected chi connectivity index (χ3v) is 2.29. The Bertz CT molecular complexity index is 544. The zero-order chi connectivity index (χ0) is 14.3. The summed E-state index contributed by atoms with van der Waals surface area (Å²) in [6, 6.07) is 8.28. The second-order valence-corrected chi connectivity index (χ2v) is 3.83. The second-order valence-electron chi connectivity index (χ2n) is 3.40. The first-order valence-corrected chi connectivity index (χ1v) is 5.80. The Kier molecular flexibility index (Phi) is 5.58. The van der Waals surface area contributed by atoms with Crippen LogP contribution in [0.4, 0.5) is 4.79 Å². The van der Waals surface area contributed by atoms with Crippen molar-refractivity contribution in [1.29, 1.82) is 5.26 Å². The molecule has 0 bridgehead atoms. The molecule has 0 aliphatic heterocycles. The van der Waals surface area contributed by atoms with Gasteiger partial charge in [0, 0.05) is 5.02 Å². The minimum absolute atomic E-state index is 0.141. The van der Waals surface area contributed by atoms with Crippen molar-refractivity contribution < 1.29 is 14.3 Å². The van der Waals surface area contributed by atoms with E-state index in [4.69, 9.17) is 16.9 Å².